The van der Waals surface area contributed by atoms with E-state index < -0.39 is 0 Å². The summed E-state index contributed by atoms with van der Waals surface area (Å²) in [6, 6.07) is 20.6. The number of halogens is 1. The van der Waals surface area contributed by atoms with Crippen molar-refractivity contribution in [3.8, 4) is 6.07 Å². The molecule has 0 saturated heterocycles. The fraction of sp³-hybridized carbons (Fsp3) is 0.125. The molecule has 0 unspecified atom stereocenters. The maximum Gasteiger partial charge on any atom is 0.272 e. The van der Waals surface area contributed by atoms with Gasteiger partial charge in [0, 0.05) is 24.2 Å². The van der Waals surface area contributed by atoms with Gasteiger partial charge >= 0.3 is 0 Å². The van der Waals surface area contributed by atoms with E-state index in [2.05, 4.69) is 26.7 Å². The molecule has 0 aliphatic carbocycles. The summed E-state index contributed by atoms with van der Waals surface area (Å²) < 4.78 is 3.62. The van der Waals surface area contributed by atoms with E-state index in [1.807, 2.05) is 59.1 Å². The standard InChI is InChI=1S/C24H18ClN7O/c25-18-9-7-16(8-10-18)15-32-19-5-3-4-17(14-26)22(19)23(30-32)24(33)27-12-11-21-29-28-20-6-1-2-13-31(20)21/h1-10,13H,11-12,15H2,(H,27,33). The number of carbonyl (C=O) groups excluding carboxylic acids is 1. The third kappa shape index (κ3) is 4.02. The highest BCUT2D eigenvalue weighted by Crippen LogP contribution is 2.24. The van der Waals surface area contributed by atoms with Crippen molar-refractivity contribution in [1.29, 1.82) is 5.26 Å². The van der Waals surface area contributed by atoms with Crippen LogP contribution in [-0.4, -0.2) is 36.8 Å². The van der Waals surface area contributed by atoms with Gasteiger partial charge in [0.25, 0.3) is 5.91 Å². The predicted molar refractivity (Wildman–Crippen MR) is 124 cm³/mol. The highest BCUT2D eigenvalue weighted by Gasteiger charge is 2.20. The Morgan fingerprint density at radius 2 is 1.91 bits per heavy atom. The zero-order valence-corrected chi connectivity index (χ0v) is 18.2. The molecule has 1 amide bonds. The summed E-state index contributed by atoms with van der Waals surface area (Å²) in [5.41, 5.74) is 3.09. The Morgan fingerprint density at radius 3 is 2.73 bits per heavy atom. The van der Waals surface area contributed by atoms with E-state index in [0.29, 0.717) is 35.5 Å². The first-order chi connectivity index (χ1) is 16.1. The van der Waals surface area contributed by atoms with E-state index >= 15 is 0 Å². The van der Waals surface area contributed by atoms with E-state index in [1.165, 1.54) is 0 Å². The van der Waals surface area contributed by atoms with Gasteiger partial charge in [0.2, 0.25) is 0 Å². The van der Waals surface area contributed by atoms with Crippen molar-refractivity contribution in [2.24, 2.45) is 0 Å². The lowest BCUT2D eigenvalue weighted by Gasteiger charge is -2.04. The summed E-state index contributed by atoms with van der Waals surface area (Å²) in [5, 5.41) is 26.6. The van der Waals surface area contributed by atoms with Gasteiger partial charge in [-0.2, -0.15) is 10.4 Å². The van der Waals surface area contributed by atoms with Crippen LogP contribution in [0.5, 0.6) is 0 Å². The lowest BCUT2D eigenvalue weighted by atomic mass is 10.1. The molecule has 0 atom stereocenters. The second-order valence-corrected chi connectivity index (χ2v) is 7.93. The SMILES string of the molecule is N#Cc1cccc2c1c(C(=O)NCCc1nnc3ccccn13)nn2Cc1ccc(Cl)cc1. The highest BCUT2D eigenvalue weighted by atomic mass is 35.5. The van der Waals surface area contributed by atoms with Crippen LogP contribution in [0.4, 0.5) is 0 Å². The van der Waals surface area contributed by atoms with Gasteiger partial charge in [-0.3, -0.25) is 13.9 Å². The Hall–Kier alpha value is -4.22. The minimum absolute atomic E-state index is 0.224. The monoisotopic (exact) mass is 455 g/mol. The molecule has 2 aromatic carbocycles. The molecule has 0 radical (unpaired) electrons. The molecule has 33 heavy (non-hydrogen) atoms. The summed E-state index contributed by atoms with van der Waals surface area (Å²) in [6.07, 6.45) is 2.39. The summed E-state index contributed by atoms with van der Waals surface area (Å²) in [6.45, 7) is 0.802. The van der Waals surface area contributed by atoms with Crippen LogP contribution in [0, 0.1) is 11.3 Å². The Balaban J connectivity index is 1.41. The number of hydrogen-bond acceptors (Lipinski definition) is 5. The molecule has 162 valence electrons. The smallest absolute Gasteiger partial charge is 0.272 e. The first kappa shape index (κ1) is 20.7. The van der Waals surface area contributed by atoms with Crippen LogP contribution in [0.3, 0.4) is 0 Å². The average Bonchev–Trinajstić information content (AvgIpc) is 3.42. The van der Waals surface area contributed by atoms with Crippen LogP contribution in [-0.2, 0) is 13.0 Å². The summed E-state index contributed by atoms with van der Waals surface area (Å²) in [4.78, 5) is 13.1. The molecular formula is C24H18ClN7O. The fourth-order valence-electron chi connectivity index (χ4n) is 3.80. The van der Waals surface area contributed by atoms with Crippen LogP contribution in [0.2, 0.25) is 5.02 Å². The van der Waals surface area contributed by atoms with E-state index in [0.717, 1.165) is 22.6 Å². The molecule has 0 fully saturated rings. The van der Waals surface area contributed by atoms with Crippen molar-refractivity contribution in [2.75, 3.05) is 6.54 Å². The number of amides is 1. The van der Waals surface area contributed by atoms with Gasteiger partial charge in [-0.1, -0.05) is 35.9 Å². The first-order valence-corrected chi connectivity index (χ1v) is 10.7. The molecule has 3 aromatic heterocycles. The van der Waals surface area contributed by atoms with Gasteiger partial charge in [-0.15, -0.1) is 10.2 Å². The minimum Gasteiger partial charge on any atom is -0.350 e. The summed E-state index contributed by atoms with van der Waals surface area (Å²) in [5.74, 6) is 0.410. The molecular weight excluding hydrogens is 438 g/mol. The molecule has 9 heteroatoms. The maximum absolute atomic E-state index is 13.1. The normalized spacial score (nSPS) is 11.0. The highest BCUT2D eigenvalue weighted by molar-refractivity contribution is 6.30. The van der Waals surface area contributed by atoms with Crippen molar-refractivity contribution in [2.45, 2.75) is 13.0 Å². The Bertz CT molecular complexity index is 1510. The van der Waals surface area contributed by atoms with E-state index in [4.69, 9.17) is 11.6 Å². The number of pyridine rings is 1. The quantitative estimate of drug-likeness (QED) is 0.421. The molecule has 0 aliphatic heterocycles. The van der Waals surface area contributed by atoms with Gasteiger partial charge in [0.1, 0.15) is 5.82 Å². The van der Waals surface area contributed by atoms with Gasteiger partial charge < -0.3 is 5.32 Å². The second kappa shape index (κ2) is 8.73. The van der Waals surface area contributed by atoms with Gasteiger partial charge in [0.15, 0.2) is 11.3 Å². The number of aromatic nitrogens is 5. The van der Waals surface area contributed by atoms with Crippen molar-refractivity contribution in [3.63, 3.8) is 0 Å². The Morgan fingerprint density at radius 1 is 1.06 bits per heavy atom. The molecule has 5 rings (SSSR count). The molecule has 0 aliphatic rings. The number of nitrogens with one attached hydrogen (secondary N) is 1. The number of hydrogen-bond donors (Lipinski definition) is 1. The minimum atomic E-state index is -0.341. The second-order valence-electron chi connectivity index (χ2n) is 7.50. The number of nitrogens with zero attached hydrogens (tertiary/aromatic N) is 6. The number of benzene rings is 2. The zero-order chi connectivity index (χ0) is 22.8. The lowest BCUT2D eigenvalue weighted by Crippen LogP contribution is -2.27. The van der Waals surface area contributed by atoms with Crippen LogP contribution in [0.1, 0.15) is 27.4 Å². The maximum atomic E-state index is 13.1. The average molecular weight is 456 g/mol. The van der Waals surface area contributed by atoms with E-state index in [9.17, 15) is 10.1 Å². The number of fused-ring (bicyclic) bond motifs is 2. The Kier molecular flexibility index (Phi) is 5.47. The van der Waals surface area contributed by atoms with Gasteiger partial charge in [-0.05, 0) is 42.0 Å². The lowest BCUT2D eigenvalue weighted by molar-refractivity contribution is 0.0949. The Labute approximate surface area is 194 Å². The molecule has 1 N–H and O–H groups in total. The molecule has 0 saturated carbocycles. The van der Waals surface area contributed by atoms with E-state index in [-0.39, 0.29) is 11.6 Å². The third-order valence-corrected chi connectivity index (χ3v) is 5.63. The third-order valence-electron chi connectivity index (χ3n) is 5.38. The molecule has 3 heterocycles. The van der Waals surface area contributed by atoms with Crippen LogP contribution in [0.25, 0.3) is 16.6 Å². The van der Waals surface area contributed by atoms with Gasteiger partial charge in [0.05, 0.1) is 29.1 Å². The number of carbonyl (C=O) groups is 1. The first-order valence-electron chi connectivity index (χ1n) is 10.3. The molecule has 8 nitrogen and oxygen atoms in total. The summed E-state index contributed by atoms with van der Waals surface area (Å²) >= 11 is 5.99. The topological polar surface area (TPSA) is 101 Å². The van der Waals surface area contributed by atoms with E-state index in [1.54, 1.807) is 16.8 Å². The van der Waals surface area contributed by atoms with Gasteiger partial charge in [-0.25, -0.2) is 0 Å². The van der Waals surface area contributed by atoms with Crippen molar-refractivity contribution >= 4 is 34.1 Å². The van der Waals surface area contributed by atoms with Crippen LogP contribution >= 0.6 is 11.6 Å². The predicted octanol–water partition coefficient (Wildman–Crippen LogP) is 3.62. The number of rotatable bonds is 6. The molecule has 0 bridgehead atoms. The van der Waals surface area contributed by atoms with Crippen molar-refractivity contribution in [3.05, 3.63) is 94.5 Å². The van der Waals surface area contributed by atoms with Crippen molar-refractivity contribution < 1.29 is 4.79 Å². The van der Waals surface area contributed by atoms with Crippen molar-refractivity contribution in [1.82, 2.24) is 29.7 Å². The van der Waals surface area contributed by atoms with Crippen LogP contribution < -0.4 is 5.32 Å². The number of nitriles is 1. The fourth-order valence-corrected chi connectivity index (χ4v) is 3.92. The summed E-state index contributed by atoms with van der Waals surface area (Å²) in [7, 11) is 0. The molecule has 5 aromatic rings. The molecule has 0 spiro atoms. The van der Waals surface area contributed by atoms with Crippen LogP contribution in [0.15, 0.2) is 66.9 Å². The zero-order valence-electron chi connectivity index (χ0n) is 17.4. The largest absolute Gasteiger partial charge is 0.350 e.